The molecule has 2 aromatic rings. The molecule has 34 heavy (non-hydrogen) atoms. The Hall–Kier alpha value is -2.27. The summed E-state index contributed by atoms with van der Waals surface area (Å²) in [5.74, 6) is -0.959. The molecule has 1 aliphatic rings. The van der Waals surface area contributed by atoms with Crippen LogP contribution >= 0.6 is 11.3 Å². The molecular weight excluding hydrogens is 472 g/mol. The van der Waals surface area contributed by atoms with E-state index in [0.717, 1.165) is 55.8 Å². The molecule has 0 fully saturated rings. The van der Waals surface area contributed by atoms with Gasteiger partial charge in [0.05, 0.1) is 10.5 Å². The van der Waals surface area contributed by atoms with E-state index in [4.69, 9.17) is 5.73 Å². The highest BCUT2D eigenvalue weighted by molar-refractivity contribution is 7.89. The van der Waals surface area contributed by atoms with Crippen molar-refractivity contribution in [2.24, 2.45) is 5.73 Å². The van der Waals surface area contributed by atoms with Crippen molar-refractivity contribution in [1.29, 1.82) is 0 Å². The standard InChI is InChI=1S/C24H34N4O4S2/c1-4-12-27-15-11-19-20(16-27)33-24(21(19)22(25)29)26-23(30)17-7-9-18(10-8-17)34(31,32)28(13-5-2)14-6-3/h7-10H,4-6,11-16H2,1-3H3,(H2,25,29)(H,26,30). The predicted molar refractivity (Wildman–Crippen MR) is 136 cm³/mol. The highest BCUT2D eigenvalue weighted by atomic mass is 32.2. The maximum Gasteiger partial charge on any atom is 0.256 e. The predicted octanol–water partition coefficient (Wildman–Crippen LogP) is 3.68. The van der Waals surface area contributed by atoms with E-state index < -0.39 is 21.8 Å². The SMILES string of the molecule is CCCN1CCc2c(sc(NC(=O)c3ccc(S(=O)(=O)N(CCC)CCC)cc3)c2C(N)=O)C1. The zero-order valence-electron chi connectivity index (χ0n) is 20.1. The molecule has 2 heterocycles. The zero-order chi connectivity index (χ0) is 24.9. The smallest absolute Gasteiger partial charge is 0.256 e. The van der Waals surface area contributed by atoms with Gasteiger partial charge in [0.15, 0.2) is 0 Å². The molecule has 0 saturated heterocycles. The molecule has 8 nitrogen and oxygen atoms in total. The number of rotatable bonds is 11. The molecular formula is C24H34N4O4S2. The van der Waals surface area contributed by atoms with Crippen molar-refractivity contribution in [3.8, 4) is 0 Å². The highest BCUT2D eigenvalue weighted by Crippen LogP contribution is 2.37. The van der Waals surface area contributed by atoms with Gasteiger partial charge < -0.3 is 11.1 Å². The van der Waals surface area contributed by atoms with Gasteiger partial charge in [-0.1, -0.05) is 20.8 Å². The Morgan fingerprint density at radius 2 is 1.74 bits per heavy atom. The Morgan fingerprint density at radius 1 is 1.09 bits per heavy atom. The second kappa shape index (κ2) is 11.4. The maximum absolute atomic E-state index is 13.0. The Balaban J connectivity index is 1.81. The summed E-state index contributed by atoms with van der Waals surface area (Å²) in [6.45, 7) is 9.49. The molecule has 0 saturated carbocycles. The summed E-state index contributed by atoms with van der Waals surface area (Å²) in [6.07, 6.45) is 3.22. The summed E-state index contributed by atoms with van der Waals surface area (Å²) in [7, 11) is -3.62. The number of hydrogen-bond donors (Lipinski definition) is 2. The molecule has 0 unspecified atom stereocenters. The number of nitrogens with two attached hydrogens (primary N) is 1. The lowest BCUT2D eigenvalue weighted by Crippen LogP contribution is -2.32. The van der Waals surface area contributed by atoms with Gasteiger partial charge in [0.1, 0.15) is 5.00 Å². The lowest BCUT2D eigenvalue weighted by atomic mass is 10.0. The van der Waals surface area contributed by atoms with Gasteiger partial charge >= 0.3 is 0 Å². The van der Waals surface area contributed by atoms with E-state index in [1.165, 1.54) is 39.9 Å². The molecule has 2 amide bonds. The summed E-state index contributed by atoms with van der Waals surface area (Å²) < 4.78 is 27.4. The van der Waals surface area contributed by atoms with Gasteiger partial charge in [0, 0.05) is 36.6 Å². The van der Waals surface area contributed by atoms with Gasteiger partial charge in [-0.15, -0.1) is 11.3 Å². The van der Waals surface area contributed by atoms with Crippen molar-refractivity contribution >= 4 is 38.2 Å². The van der Waals surface area contributed by atoms with Crippen LogP contribution in [0.25, 0.3) is 0 Å². The average Bonchev–Trinajstić information content (AvgIpc) is 3.16. The average molecular weight is 507 g/mol. The fraction of sp³-hybridized carbons (Fsp3) is 0.500. The molecule has 1 aromatic carbocycles. The molecule has 0 spiro atoms. The van der Waals surface area contributed by atoms with E-state index in [9.17, 15) is 18.0 Å². The second-order valence-corrected chi connectivity index (χ2v) is 11.5. The molecule has 0 aliphatic carbocycles. The van der Waals surface area contributed by atoms with Crippen LogP contribution in [0.2, 0.25) is 0 Å². The zero-order valence-corrected chi connectivity index (χ0v) is 21.7. The van der Waals surface area contributed by atoms with E-state index in [1.807, 2.05) is 13.8 Å². The van der Waals surface area contributed by atoms with Crippen LogP contribution < -0.4 is 11.1 Å². The molecule has 3 rings (SSSR count). The number of nitrogens with zero attached hydrogens (tertiary/aromatic N) is 2. The first kappa shape index (κ1) is 26.3. The molecule has 0 radical (unpaired) electrons. The number of benzene rings is 1. The van der Waals surface area contributed by atoms with Crippen LogP contribution in [0.5, 0.6) is 0 Å². The Kier molecular flexibility index (Phi) is 8.86. The summed E-state index contributed by atoms with van der Waals surface area (Å²) >= 11 is 1.39. The van der Waals surface area contributed by atoms with Crippen LogP contribution in [0.3, 0.4) is 0 Å². The Labute approximate surface area is 206 Å². The fourth-order valence-corrected chi connectivity index (χ4v) is 7.18. The van der Waals surface area contributed by atoms with Crippen molar-refractivity contribution in [2.45, 2.75) is 57.9 Å². The number of anilines is 1. The van der Waals surface area contributed by atoms with Crippen LogP contribution in [-0.4, -0.2) is 55.6 Å². The third-order valence-electron chi connectivity index (χ3n) is 5.85. The van der Waals surface area contributed by atoms with Crippen LogP contribution in [0.4, 0.5) is 5.00 Å². The second-order valence-electron chi connectivity index (χ2n) is 8.48. The summed E-state index contributed by atoms with van der Waals surface area (Å²) in [4.78, 5) is 28.7. The number of sulfonamides is 1. The Bertz CT molecular complexity index is 1120. The highest BCUT2D eigenvalue weighted by Gasteiger charge is 2.28. The van der Waals surface area contributed by atoms with Crippen LogP contribution in [0.15, 0.2) is 29.2 Å². The van der Waals surface area contributed by atoms with Crippen molar-refractivity contribution in [2.75, 3.05) is 31.5 Å². The number of amides is 2. The van der Waals surface area contributed by atoms with Gasteiger partial charge in [0.25, 0.3) is 11.8 Å². The van der Waals surface area contributed by atoms with Gasteiger partial charge in [-0.05, 0) is 62.1 Å². The molecule has 1 aromatic heterocycles. The van der Waals surface area contributed by atoms with E-state index in [0.29, 0.717) is 29.2 Å². The molecule has 0 bridgehead atoms. The molecule has 1 aliphatic heterocycles. The normalized spacial score (nSPS) is 14.2. The number of carbonyl (C=O) groups excluding carboxylic acids is 2. The minimum Gasteiger partial charge on any atom is -0.365 e. The maximum atomic E-state index is 13.0. The minimum absolute atomic E-state index is 0.159. The lowest BCUT2D eigenvalue weighted by Gasteiger charge is -2.26. The molecule has 0 atom stereocenters. The van der Waals surface area contributed by atoms with Gasteiger partial charge in [0.2, 0.25) is 10.0 Å². The van der Waals surface area contributed by atoms with Crippen molar-refractivity contribution in [3.05, 3.63) is 45.8 Å². The van der Waals surface area contributed by atoms with Crippen molar-refractivity contribution < 1.29 is 18.0 Å². The van der Waals surface area contributed by atoms with Crippen LogP contribution in [0, 0.1) is 0 Å². The lowest BCUT2D eigenvalue weighted by molar-refractivity contribution is 0.1000. The largest absolute Gasteiger partial charge is 0.365 e. The third-order valence-corrected chi connectivity index (χ3v) is 8.89. The van der Waals surface area contributed by atoms with Crippen molar-refractivity contribution in [3.63, 3.8) is 0 Å². The molecule has 10 heteroatoms. The minimum atomic E-state index is -3.62. The van der Waals surface area contributed by atoms with E-state index in [-0.39, 0.29) is 4.90 Å². The molecule has 3 N–H and O–H groups in total. The van der Waals surface area contributed by atoms with Crippen LogP contribution in [-0.2, 0) is 23.0 Å². The van der Waals surface area contributed by atoms with E-state index >= 15 is 0 Å². The molecule has 186 valence electrons. The summed E-state index contributed by atoms with van der Waals surface area (Å²) in [5, 5.41) is 3.29. The number of nitrogens with one attached hydrogen (secondary N) is 1. The van der Waals surface area contributed by atoms with Gasteiger partial charge in [-0.2, -0.15) is 4.31 Å². The number of thiophene rings is 1. The number of fused-ring (bicyclic) bond motifs is 1. The van der Waals surface area contributed by atoms with E-state index in [2.05, 4.69) is 17.1 Å². The topological polar surface area (TPSA) is 113 Å². The quantitative estimate of drug-likeness (QED) is 0.483. The number of primary amides is 1. The van der Waals surface area contributed by atoms with Crippen LogP contribution in [0.1, 0.15) is 71.2 Å². The fourth-order valence-electron chi connectivity index (χ4n) is 4.27. The Morgan fingerprint density at radius 3 is 2.29 bits per heavy atom. The summed E-state index contributed by atoms with van der Waals surface area (Å²) in [6, 6.07) is 5.91. The first-order chi connectivity index (χ1) is 16.2. The first-order valence-corrected chi connectivity index (χ1v) is 14.1. The monoisotopic (exact) mass is 506 g/mol. The van der Waals surface area contributed by atoms with Gasteiger partial charge in [-0.25, -0.2) is 8.42 Å². The van der Waals surface area contributed by atoms with E-state index in [1.54, 1.807) is 0 Å². The first-order valence-electron chi connectivity index (χ1n) is 11.8. The third kappa shape index (κ3) is 5.68. The number of hydrogen-bond acceptors (Lipinski definition) is 6. The summed E-state index contributed by atoms with van der Waals surface area (Å²) in [5.41, 5.74) is 7.29. The van der Waals surface area contributed by atoms with Gasteiger partial charge in [-0.3, -0.25) is 14.5 Å². The van der Waals surface area contributed by atoms with Crippen molar-refractivity contribution in [1.82, 2.24) is 9.21 Å². The number of carbonyl (C=O) groups is 2.